The molecule has 3 aromatic carbocycles. The normalized spacial score (nSPS) is 13.5. The number of aliphatic hydroxyl groups excluding tert-OH is 1. The first-order valence-electron chi connectivity index (χ1n) is 7.60. The smallest absolute Gasteiger partial charge is 0.131 e. The Morgan fingerprint density at radius 3 is 2.04 bits per heavy atom. The van der Waals surface area contributed by atoms with Gasteiger partial charge in [-0.3, -0.25) is 0 Å². The summed E-state index contributed by atoms with van der Waals surface area (Å²) in [5.74, 6) is -0.274. The summed E-state index contributed by atoms with van der Waals surface area (Å²) in [6.45, 7) is 0. The van der Waals surface area contributed by atoms with Crippen LogP contribution in [0.15, 0.2) is 72.8 Å². The number of halogens is 2. The van der Waals surface area contributed by atoms with Crippen molar-refractivity contribution in [1.82, 2.24) is 0 Å². The molecular weight excluding hydrogens is 325 g/mol. The van der Waals surface area contributed by atoms with E-state index < -0.39 is 12.1 Å². The molecule has 0 aromatic heterocycles. The molecule has 0 saturated carbocycles. The lowest BCUT2D eigenvalue weighted by Gasteiger charge is -2.20. The van der Waals surface area contributed by atoms with Gasteiger partial charge in [0.15, 0.2) is 0 Å². The third-order valence-corrected chi connectivity index (χ3v) is 4.28. The van der Waals surface area contributed by atoms with Crippen LogP contribution in [-0.2, 0) is 0 Å². The van der Waals surface area contributed by atoms with Crippen molar-refractivity contribution in [3.05, 3.63) is 94.8 Å². The number of hydrogen-bond acceptors (Lipinski definition) is 2. The first-order valence-corrected chi connectivity index (χ1v) is 7.98. The fourth-order valence-corrected chi connectivity index (χ4v) is 2.76. The Morgan fingerprint density at radius 2 is 1.42 bits per heavy atom. The molecule has 122 valence electrons. The van der Waals surface area contributed by atoms with E-state index >= 15 is 0 Å². The minimum Gasteiger partial charge on any atom is -0.386 e. The number of nitrogens with two attached hydrogens (primary N) is 1. The average Bonchev–Trinajstić information content (AvgIpc) is 2.62. The second kappa shape index (κ2) is 7.14. The summed E-state index contributed by atoms with van der Waals surface area (Å²) >= 11 is 5.87. The van der Waals surface area contributed by atoms with Crippen LogP contribution in [0, 0.1) is 5.82 Å². The Kier molecular flexibility index (Phi) is 4.95. The molecule has 0 aliphatic heterocycles. The fraction of sp³-hybridized carbons (Fsp3) is 0.100. The van der Waals surface area contributed by atoms with Crippen molar-refractivity contribution in [1.29, 1.82) is 0 Å². The van der Waals surface area contributed by atoms with Gasteiger partial charge in [0.05, 0.1) is 12.1 Å². The molecule has 0 fully saturated rings. The van der Waals surface area contributed by atoms with Crippen LogP contribution in [0.1, 0.15) is 23.3 Å². The summed E-state index contributed by atoms with van der Waals surface area (Å²) in [7, 11) is 0. The van der Waals surface area contributed by atoms with Gasteiger partial charge in [-0.1, -0.05) is 66.2 Å². The molecule has 2 nitrogen and oxygen atoms in total. The SMILES string of the molecule is N[C@@H](c1ccc(Cl)cc1)[C@H](O)c1ccc(-c2ccccc2F)cc1. The second-order valence-electron chi connectivity index (χ2n) is 5.62. The third kappa shape index (κ3) is 3.49. The van der Waals surface area contributed by atoms with Crippen molar-refractivity contribution < 1.29 is 9.50 Å². The molecular formula is C20H17ClFNO. The molecule has 2 atom stereocenters. The summed E-state index contributed by atoms with van der Waals surface area (Å²) in [5, 5.41) is 11.1. The molecule has 0 radical (unpaired) electrons. The molecule has 3 aromatic rings. The molecule has 0 spiro atoms. The van der Waals surface area contributed by atoms with E-state index in [1.807, 2.05) is 0 Å². The minimum absolute atomic E-state index is 0.274. The fourth-order valence-electron chi connectivity index (χ4n) is 2.63. The Hall–Kier alpha value is -2.20. The Labute approximate surface area is 145 Å². The zero-order valence-electron chi connectivity index (χ0n) is 12.9. The maximum absolute atomic E-state index is 13.8. The highest BCUT2D eigenvalue weighted by Gasteiger charge is 2.19. The van der Waals surface area contributed by atoms with E-state index in [2.05, 4.69) is 0 Å². The second-order valence-corrected chi connectivity index (χ2v) is 6.06. The van der Waals surface area contributed by atoms with Crippen molar-refractivity contribution in [3.8, 4) is 11.1 Å². The zero-order chi connectivity index (χ0) is 17.1. The van der Waals surface area contributed by atoms with E-state index in [1.54, 1.807) is 66.7 Å². The van der Waals surface area contributed by atoms with E-state index in [-0.39, 0.29) is 5.82 Å². The Balaban J connectivity index is 1.82. The summed E-state index contributed by atoms with van der Waals surface area (Å²) in [4.78, 5) is 0. The van der Waals surface area contributed by atoms with Crippen LogP contribution in [0.5, 0.6) is 0 Å². The molecule has 0 aliphatic rings. The summed E-state index contributed by atoms with van der Waals surface area (Å²) < 4.78 is 13.8. The molecule has 0 saturated heterocycles. The molecule has 4 heteroatoms. The lowest BCUT2D eigenvalue weighted by Crippen LogP contribution is -2.19. The van der Waals surface area contributed by atoms with Gasteiger partial charge in [0.25, 0.3) is 0 Å². The maximum Gasteiger partial charge on any atom is 0.131 e. The van der Waals surface area contributed by atoms with Gasteiger partial charge in [-0.05, 0) is 34.9 Å². The van der Waals surface area contributed by atoms with Gasteiger partial charge >= 0.3 is 0 Å². The highest BCUT2D eigenvalue weighted by molar-refractivity contribution is 6.30. The summed E-state index contributed by atoms with van der Waals surface area (Å²) in [5.41, 5.74) is 8.90. The number of benzene rings is 3. The van der Waals surface area contributed by atoms with Crippen LogP contribution in [-0.4, -0.2) is 5.11 Å². The van der Waals surface area contributed by atoms with E-state index in [4.69, 9.17) is 17.3 Å². The van der Waals surface area contributed by atoms with Crippen molar-refractivity contribution >= 4 is 11.6 Å². The predicted molar refractivity (Wildman–Crippen MR) is 95.2 cm³/mol. The van der Waals surface area contributed by atoms with Crippen molar-refractivity contribution in [3.63, 3.8) is 0 Å². The topological polar surface area (TPSA) is 46.2 Å². The van der Waals surface area contributed by atoms with Gasteiger partial charge in [-0.25, -0.2) is 4.39 Å². The summed E-state index contributed by atoms with van der Waals surface area (Å²) in [6.07, 6.45) is -0.860. The standard InChI is InChI=1S/C20H17ClFNO/c21-16-11-9-14(10-12-16)19(23)20(24)15-7-5-13(6-8-15)17-3-1-2-4-18(17)22/h1-12,19-20,24H,23H2/t19-,20+/m0/s1. The Bertz CT molecular complexity index is 818. The van der Waals surface area contributed by atoms with E-state index in [1.165, 1.54) is 6.07 Å². The molecule has 0 heterocycles. The van der Waals surface area contributed by atoms with Crippen LogP contribution in [0.25, 0.3) is 11.1 Å². The number of aliphatic hydroxyl groups is 1. The van der Waals surface area contributed by atoms with Crippen LogP contribution < -0.4 is 5.73 Å². The average molecular weight is 342 g/mol. The first kappa shape index (κ1) is 16.7. The first-order chi connectivity index (χ1) is 11.6. The van der Waals surface area contributed by atoms with Crippen LogP contribution in [0.4, 0.5) is 4.39 Å². The van der Waals surface area contributed by atoms with E-state index in [9.17, 15) is 9.50 Å². The number of hydrogen-bond donors (Lipinski definition) is 2. The largest absolute Gasteiger partial charge is 0.386 e. The van der Waals surface area contributed by atoms with Gasteiger partial charge < -0.3 is 10.8 Å². The lowest BCUT2D eigenvalue weighted by molar-refractivity contribution is 0.147. The van der Waals surface area contributed by atoms with E-state index in [0.29, 0.717) is 16.1 Å². The van der Waals surface area contributed by atoms with Gasteiger partial charge in [0.1, 0.15) is 5.82 Å². The third-order valence-electron chi connectivity index (χ3n) is 4.03. The summed E-state index contributed by atoms with van der Waals surface area (Å²) in [6, 6.07) is 20.2. The van der Waals surface area contributed by atoms with Crippen LogP contribution in [0.3, 0.4) is 0 Å². The van der Waals surface area contributed by atoms with Gasteiger partial charge in [0.2, 0.25) is 0 Å². The van der Waals surface area contributed by atoms with Crippen molar-refractivity contribution in [2.45, 2.75) is 12.1 Å². The highest BCUT2D eigenvalue weighted by atomic mass is 35.5. The molecule has 0 bridgehead atoms. The Morgan fingerprint density at radius 1 is 0.833 bits per heavy atom. The number of rotatable bonds is 4. The van der Waals surface area contributed by atoms with Gasteiger partial charge in [-0.15, -0.1) is 0 Å². The lowest BCUT2D eigenvalue weighted by atomic mass is 9.95. The molecule has 0 unspecified atom stereocenters. The predicted octanol–water partition coefficient (Wildman–Crippen LogP) is 4.88. The highest BCUT2D eigenvalue weighted by Crippen LogP contribution is 2.30. The van der Waals surface area contributed by atoms with Gasteiger partial charge in [-0.2, -0.15) is 0 Å². The molecule has 24 heavy (non-hydrogen) atoms. The quantitative estimate of drug-likeness (QED) is 0.710. The zero-order valence-corrected chi connectivity index (χ0v) is 13.6. The van der Waals surface area contributed by atoms with E-state index in [0.717, 1.165) is 11.1 Å². The monoisotopic (exact) mass is 341 g/mol. The van der Waals surface area contributed by atoms with Crippen molar-refractivity contribution in [2.75, 3.05) is 0 Å². The molecule has 3 rings (SSSR count). The molecule has 0 amide bonds. The van der Waals surface area contributed by atoms with Crippen molar-refractivity contribution in [2.24, 2.45) is 5.73 Å². The van der Waals surface area contributed by atoms with Crippen LogP contribution >= 0.6 is 11.6 Å². The molecule has 3 N–H and O–H groups in total. The van der Waals surface area contributed by atoms with Crippen LogP contribution in [0.2, 0.25) is 5.02 Å². The maximum atomic E-state index is 13.8. The van der Waals surface area contributed by atoms with Gasteiger partial charge in [0, 0.05) is 10.6 Å². The minimum atomic E-state index is -0.860. The molecule has 0 aliphatic carbocycles.